The predicted octanol–water partition coefficient (Wildman–Crippen LogP) is 7.69. The van der Waals surface area contributed by atoms with E-state index in [9.17, 15) is 24.6 Å². The molecule has 4 N–H and O–H groups in total. The van der Waals surface area contributed by atoms with E-state index in [4.69, 9.17) is 30.5 Å². The Labute approximate surface area is 406 Å². The lowest BCUT2D eigenvalue weighted by Gasteiger charge is -2.35. The molecule has 1 saturated heterocycles. The van der Waals surface area contributed by atoms with Gasteiger partial charge in [-0.1, -0.05) is 80.9 Å². The van der Waals surface area contributed by atoms with Gasteiger partial charge in [0.25, 0.3) is 0 Å². The Balaban J connectivity index is 0.778. The van der Waals surface area contributed by atoms with Gasteiger partial charge in [0.15, 0.2) is 0 Å². The third-order valence-electron chi connectivity index (χ3n) is 11.9. The number of carbonyl (C=O) groups excluding carboxylic acids is 3. The minimum Gasteiger partial charge on any atom is -0.508 e. The third-order valence-corrected chi connectivity index (χ3v) is 13.1. The molecule has 16 heteroatoms. The minimum atomic E-state index is -0.966. The number of thiazole rings is 1. The van der Waals surface area contributed by atoms with Crippen molar-refractivity contribution in [3.63, 3.8) is 0 Å². The van der Waals surface area contributed by atoms with E-state index in [-0.39, 0.29) is 51.0 Å². The number of hydrogen-bond acceptors (Lipinski definition) is 11. The number of amides is 3. The molecule has 0 unspecified atom stereocenters. The Bertz CT molecular complexity index is 2650. The lowest BCUT2D eigenvalue weighted by molar-refractivity contribution is -0.144. The number of nitrogens with zero attached hydrogens (tertiary/aromatic N) is 3. The minimum absolute atomic E-state index is 0.0169. The van der Waals surface area contributed by atoms with Gasteiger partial charge in [0, 0.05) is 42.0 Å². The standard InChI is InChI=1S/C52H60ClN5O9S/c1-33-43-26-40(59)16-19-44(43)57(47(33)37-12-14-39(53)15-13-37)29-36-8-17-42(18-9-36)67-25-24-65-21-20-64-22-23-66-31-46(61)56-49(52(3,4)5)51(63)58-30-41(60)27-45(58)50(62)54-28-35-6-10-38(11-7-35)48-34(2)55-32-68-48/h6-19,26,32,41,45,49,59-60H,20-25,27-31H2,1-5H3,(H,54,62)(H,56,61)/t41-,45+,49-/m1/s1. The highest BCUT2D eigenvalue weighted by Crippen LogP contribution is 2.36. The third kappa shape index (κ3) is 12.8. The maximum absolute atomic E-state index is 13.9. The fourth-order valence-electron chi connectivity index (χ4n) is 8.33. The molecule has 360 valence electrons. The molecule has 4 aromatic carbocycles. The first-order valence-electron chi connectivity index (χ1n) is 22.7. The quantitative estimate of drug-likeness (QED) is 0.0524. The van der Waals surface area contributed by atoms with Crippen molar-refractivity contribution in [1.82, 2.24) is 25.1 Å². The molecule has 1 aliphatic heterocycles. The average molecular weight is 967 g/mol. The second kappa shape index (κ2) is 23.0. The first-order valence-corrected chi connectivity index (χ1v) is 24.0. The number of fused-ring (bicyclic) bond motifs is 1. The summed E-state index contributed by atoms with van der Waals surface area (Å²) in [5, 5.41) is 28.2. The van der Waals surface area contributed by atoms with Gasteiger partial charge < -0.3 is 49.3 Å². The van der Waals surface area contributed by atoms with Gasteiger partial charge in [-0.05, 0) is 89.5 Å². The second-order valence-corrected chi connectivity index (χ2v) is 19.3. The van der Waals surface area contributed by atoms with E-state index >= 15 is 0 Å². The zero-order valence-electron chi connectivity index (χ0n) is 39.1. The van der Waals surface area contributed by atoms with Crippen molar-refractivity contribution in [2.75, 3.05) is 52.8 Å². The lowest BCUT2D eigenvalue weighted by atomic mass is 9.85. The van der Waals surface area contributed by atoms with Crippen LogP contribution in [0, 0.1) is 19.3 Å². The van der Waals surface area contributed by atoms with Gasteiger partial charge in [0.1, 0.15) is 36.8 Å². The van der Waals surface area contributed by atoms with Crippen molar-refractivity contribution >= 4 is 51.6 Å². The van der Waals surface area contributed by atoms with E-state index in [2.05, 4.69) is 27.1 Å². The molecule has 14 nitrogen and oxygen atoms in total. The highest BCUT2D eigenvalue weighted by atomic mass is 35.5. The number of aliphatic hydroxyl groups is 1. The number of β-amino-alcohol motifs (C(OH)–C–C–N with tert-alkyl or cyclic N) is 1. The SMILES string of the molecule is Cc1ncsc1-c1ccc(CNC(=O)[C@@H]2C[C@@H](O)CN2C(=O)[C@@H](NC(=O)COCCOCCOCCOc2ccc(Cn3c(-c4ccc(Cl)cc4)c(C)c4cc(O)ccc43)cc2)C(C)(C)C)cc1. The monoisotopic (exact) mass is 965 g/mol. The topological polar surface area (TPSA) is 174 Å². The summed E-state index contributed by atoms with van der Waals surface area (Å²) in [6.45, 7) is 11.9. The summed E-state index contributed by atoms with van der Waals surface area (Å²) in [4.78, 5) is 47.1. The van der Waals surface area contributed by atoms with Crippen LogP contribution in [-0.2, 0) is 41.7 Å². The number of aryl methyl sites for hydroxylation is 2. The Morgan fingerprint density at radius 2 is 1.50 bits per heavy atom. The van der Waals surface area contributed by atoms with E-state index in [1.165, 1.54) is 4.90 Å². The van der Waals surface area contributed by atoms with Crippen LogP contribution in [0.5, 0.6) is 11.5 Å². The fraction of sp³-hybridized carbons (Fsp3) is 0.385. The zero-order valence-corrected chi connectivity index (χ0v) is 40.7. The lowest BCUT2D eigenvalue weighted by Crippen LogP contribution is -2.58. The number of aromatic hydroxyl groups is 1. The normalized spacial score (nSPS) is 15.4. The number of benzene rings is 4. The largest absolute Gasteiger partial charge is 0.508 e. The van der Waals surface area contributed by atoms with Gasteiger partial charge in [-0.25, -0.2) is 4.98 Å². The Morgan fingerprint density at radius 1 is 0.853 bits per heavy atom. The van der Waals surface area contributed by atoms with Gasteiger partial charge in [-0.3, -0.25) is 14.4 Å². The summed E-state index contributed by atoms with van der Waals surface area (Å²) < 4.78 is 25.0. The molecule has 0 radical (unpaired) electrons. The smallest absolute Gasteiger partial charge is 0.246 e. The van der Waals surface area contributed by atoms with E-state index in [0.29, 0.717) is 38.0 Å². The molecule has 0 aliphatic carbocycles. The summed E-state index contributed by atoms with van der Waals surface area (Å²) in [5.41, 5.74) is 9.32. The summed E-state index contributed by atoms with van der Waals surface area (Å²) in [6.07, 6.45) is -0.775. The predicted molar refractivity (Wildman–Crippen MR) is 264 cm³/mol. The molecule has 7 rings (SSSR count). The summed E-state index contributed by atoms with van der Waals surface area (Å²) in [6, 6.07) is 27.2. The second-order valence-electron chi connectivity index (χ2n) is 18.0. The maximum Gasteiger partial charge on any atom is 0.246 e. The van der Waals surface area contributed by atoms with E-state index in [1.54, 1.807) is 23.5 Å². The number of aromatic nitrogens is 2. The first kappa shape index (κ1) is 50.1. The molecule has 3 amide bonds. The number of phenols is 1. The number of halogens is 1. The summed E-state index contributed by atoms with van der Waals surface area (Å²) >= 11 is 7.77. The van der Waals surface area contributed by atoms with Crippen molar-refractivity contribution in [2.45, 2.75) is 72.3 Å². The van der Waals surface area contributed by atoms with Gasteiger partial charge in [0.2, 0.25) is 17.7 Å². The van der Waals surface area contributed by atoms with Crippen LogP contribution in [0.4, 0.5) is 0 Å². The maximum atomic E-state index is 13.9. The number of nitrogens with one attached hydrogen (secondary N) is 2. The summed E-state index contributed by atoms with van der Waals surface area (Å²) in [7, 11) is 0. The highest BCUT2D eigenvalue weighted by Gasteiger charge is 2.44. The molecule has 3 heterocycles. The Hall–Kier alpha value is -5.81. The van der Waals surface area contributed by atoms with Crippen LogP contribution in [0.3, 0.4) is 0 Å². The molecule has 6 aromatic rings. The van der Waals surface area contributed by atoms with Crippen LogP contribution in [0.2, 0.25) is 5.02 Å². The number of aliphatic hydroxyl groups excluding tert-OH is 1. The van der Waals surface area contributed by atoms with Gasteiger partial charge in [-0.15, -0.1) is 11.3 Å². The Kier molecular flexibility index (Phi) is 16.9. The molecule has 0 spiro atoms. The molecule has 0 bridgehead atoms. The van der Waals surface area contributed by atoms with Crippen LogP contribution in [0.1, 0.15) is 49.6 Å². The molecular weight excluding hydrogens is 906 g/mol. The van der Waals surface area contributed by atoms with Crippen LogP contribution >= 0.6 is 22.9 Å². The van der Waals surface area contributed by atoms with E-state index < -0.39 is 35.4 Å². The van der Waals surface area contributed by atoms with Crippen molar-refractivity contribution in [1.29, 1.82) is 0 Å². The fourth-order valence-corrected chi connectivity index (χ4v) is 9.27. The number of phenolic OH excluding ortho intramolecular Hbond substituents is 1. The molecule has 68 heavy (non-hydrogen) atoms. The van der Waals surface area contributed by atoms with Crippen LogP contribution in [-0.4, -0.2) is 113 Å². The van der Waals surface area contributed by atoms with Crippen LogP contribution < -0.4 is 15.4 Å². The number of hydrogen-bond donors (Lipinski definition) is 4. The molecule has 3 atom stereocenters. The number of likely N-dealkylation sites (tertiary alicyclic amines) is 1. The van der Waals surface area contributed by atoms with Crippen molar-refractivity contribution in [2.24, 2.45) is 5.41 Å². The van der Waals surface area contributed by atoms with Gasteiger partial charge >= 0.3 is 0 Å². The highest BCUT2D eigenvalue weighted by molar-refractivity contribution is 7.13. The van der Waals surface area contributed by atoms with Crippen LogP contribution in [0.15, 0.2) is 96.5 Å². The number of rotatable bonds is 21. The molecule has 1 aliphatic rings. The summed E-state index contributed by atoms with van der Waals surface area (Å²) in [5.74, 6) is -0.349. The number of ether oxygens (including phenoxy) is 4. The first-order chi connectivity index (χ1) is 32.7. The molecule has 2 aromatic heterocycles. The molecular formula is C52H60ClN5O9S. The molecule has 1 fully saturated rings. The average Bonchev–Trinajstić information content (AvgIpc) is 4.01. The van der Waals surface area contributed by atoms with Gasteiger partial charge in [0.05, 0.1) is 60.9 Å². The van der Waals surface area contributed by atoms with Crippen LogP contribution in [0.25, 0.3) is 32.6 Å². The number of carbonyl (C=O) groups is 3. The zero-order chi connectivity index (χ0) is 48.4. The van der Waals surface area contributed by atoms with Crippen molar-refractivity contribution in [3.05, 3.63) is 124 Å². The van der Waals surface area contributed by atoms with E-state index in [0.717, 1.165) is 60.7 Å². The van der Waals surface area contributed by atoms with E-state index in [1.807, 2.05) is 112 Å². The van der Waals surface area contributed by atoms with Gasteiger partial charge in [-0.2, -0.15) is 0 Å². The van der Waals surface area contributed by atoms with Crippen molar-refractivity contribution < 1.29 is 43.5 Å². The molecule has 0 saturated carbocycles. The Morgan fingerprint density at radius 3 is 2.16 bits per heavy atom. The van der Waals surface area contributed by atoms with Crippen molar-refractivity contribution in [3.8, 4) is 33.2 Å².